The van der Waals surface area contributed by atoms with Crippen molar-refractivity contribution in [3.8, 4) is 0 Å². The molecule has 22 heavy (non-hydrogen) atoms. The van der Waals surface area contributed by atoms with Crippen molar-refractivity contribution >= 4 is 0 Å². The molecule has 0 amide bonds. The van der Waals surface area contributed by atoms with Crippen molar-refractivity contribution < 1.29 is 14.2 Å². The van der Waals surface area contributed by atoms with E-state index in [1.54, 1.807) is 0 Å². The highest BCUT2D eigenvalue weighted by molar-refractivity contribution is 5.08. The number of hydrogen-bond donors (Lipinski definition) is 0. The lowest BCUT2D eigenvalue weighted by molar-refractivity contribution is -0.379. The molecule has 3 nitrogen and oxygen atoms in total. The molecule has 3 heteroatoms. The van der Waals surface area contributed by atoms with E-state index < -0.39 is 0 Å². The monoisotopic (exact) mass is 310 g/mol. The van der Waals surface area contributed by atoms with Gasteiger partial charge in [0.05, 0.1) is 5.60 Å². The molecule has 0 spiro atoms. The quantitative estimate of drug-likeness (QED) is 0.265. The Morgan fingerprint density at radius 1 is 1.00 bits per heavy atom. The molecule has 0 N–H and O–H groups in total. The summed E-state index contributed by atoms with van der Waals surface area (Å²) in [6.45, 7) is 10.2. The predicted octanol–water partition coefficient (Wildman–Crippen LogP) is 6.52. The van der Waals surface area contributed by atoms with Crippen LogP contribution >= 0.6 is 0 Å². The Balaban J connectivity index is 2.35. The third-order valence-corrected chi connectivity index (χ3v) is 3.56. The highest BCUT2D eigenvalue weighted by Crippen LogP contribution is 2.28. The van der Waals surface area contributed by atoms with Gasteiger partial charge in [0.2, 0.25) is 0 Å². The SMILES string of the molecule is CCCCCCCCCC(OOC(C)(C)C)c1ccc(C)o1. The Labute approximate surface area is 136 Å². The van der Waals surface area contributed by atoms with Crippen molar-refractivity contribution in [2.75, 3.05) is 0 Å². The summed E-state index contributed by atoms with van der Waals surface area (Å²) in [6.07, 6.45) is 9.90. The van der Waals surface area contributed by atoms with Gasteiger partial charge in [-0.15, -0.1) is 0 Å². The summed E-state index contributed by atoms with van der Waals surface area (Å²) >= 11 is 0. The molecule has 0 saturated heterocycles. The summed E-state index contributed by atoms with van der Waals surface area (Å²) in [5.74, 6) is 1.78. The average molecular weight is 310 g/mol. The second-order valence-electron chi connectivity index (χ2n) is 7.14. The number of furan rings is 1. The van der Waals surface area contributed by atoms with E-state index in [0.29, 0.717) is 0 Å². The third kappa shape index (κ3) is 8.60. The molecule has 0 fully saturated rings. The van der Waals surface area contributed by atoms with Crippen molar-refractivity contribution in [2.24, 2.45) is 0 Å². The lowest BCUT2D eigenvalue weighted by atomic mass is 10.1. The van der Waals surface area contributed by atoms with Crippen LogP contribution in [0.25, 0.3) is 0 Å². The first-order valence-electron chi connectivity index (χ1n) is 8.83. The van der Waals surface area contributed by atoms with Crippen LogP contribution in [-0.2, 0) is 9.78 Å². The maximum Gasteiger partial charge on any atom is 0.150 e. The summed E-state index contributed by atoms with van der Waals surface area (Å²) < 4.78 is 5.72. The summed E-state index contributed by atoms with van der Waals surface area (Å²) in [4.78, 5) is 11.2. The van der Waals surface area contributed by atoms with Crippen LogP contribution in [-0.4, -0.2) is 5.60 Å². The van der Waals surface area contributed by atoms with Gasteiger partial charge in [-0.2, -0.15) is 0 Å². The molecule has 0 saturated carbocycles. The minimum absolute atomic E-state index is 0.108. The minimum Gasteiger partial charge on any atom is -0.463 e. The third-order valence-electron chi connectivity index (χ3n) is 3.56. The van der Waals surface area contributed by atoms with Crippen molar-refractivity contribution in [1.29, 1.82) is 0 Å². The minimum atomic E-state index is -0.306. The zero-order chi connectivity index (χ0) is 16.4. The first-order valence-corrected chi connectivity index (χ1v) is 8.83. The molecule has 1 atom stereocenters. The fourth-order valence-corrected chi connectivity index (χ4v) is 2.35. The zero-order valence-corrected chi connectivity index (χ0v) is 15.1. The molecule has 1 aromatic heterocycles. The summed E-state index contributed by atoms with van der Waals surface area (Å²) in [5.41, 5.74) is -0.306. The highest BCUT2D eigenvalue weighted by Gasteiger charge is 2.21. The van der Waals surface area contributed by atoms with Gasteiger partial charge in [-0.1, -0.05) is 51.9 Å². The molecular weight excluding hydrogens is 276 g/mol. The molecule has 0 aliphatic heterocycles. The maximum absolute atomic E-state index is 5.72. The van der Waals surface area contributed by atoms with Crippen LogP contribution in [0.2, 0.25) is 0 Å². The standard InChI is InChI=1S/C19H34O3/c1-6-7-8-9-10-11-12-13-18(21-22-19(3,4)5)17-15-14-16(2)20-17/h14-15,18H,6-13H2,1-5H3. The predicted molar refractivity (Wildman–Crippen MR) is 90.7 cm³/mol. The van der Waals surface area contributed by atoms with Gasteiger partial charge in [-0.05, 0) is 46.2 Å². The smallest absolute Gasteiger partial charge is 0.150 e. The Bertz CT molecular complexity index is 390. The number of aryl methyl sites for hydroxylation is 1. The van der Waals surface area contributed by atoms with Crippen molar-refractivity contribution in [1.82, 2.24) is 0 Å². The lowest BCUT2D eigenvalue weighted by Gasteiger charge is -2.22. The van der Waals surface area contributed by atoms with Crippen molar-refractivity contribution in [3.63, 3.8) is 0 Å². The van der Waals surface area contributed by atoms with E-state index in [2.05, 4.69) is 6.92 Å². The van der Waals surface area contributed by atoms with Crippen molar-refractivity contribution in [3.05, 3.63) is 23.7 Å². The first-order chi connectivity index (χ1) is 10.4. The molecule has 1 rings (SSSR count). The molecule has 1 unspecified atom stereocenters. The van der Waals surface area contributed by atoms with Crippen molar-refractivity contribution in [2.45, 2.75) is 97.7 Å². The molecular formula is C19H34O3. The first kappa shape index (κ1) is 19.2. The fourth-order valence-electron chi connectivity index (χ4n) is 2.35. The van der Waals surface area contributed by atoms with E-state index in [1.165, 1.54) is 38.5 Å². The lowest BCUT2D eigenvalue weighted by Crippen LogP contribution is -2.21. The fraction of sp³-hybridized carbons (Fsp3) is 0.789. The van der Waals surface area contributed by atoms with Gasteiger partial charge in [0, 0.05) is 0 Å². The van der Waals surface area contributed by atoms with Gasteiger partial charge in [-0.3, -0.25) is 0 Å². The van der Waals surface area contributed by atoms with E-state index in [-0.39, 0.29) is 11.7 Å². The summed E-state index contributed by atoms with van der Waals surface area (Å²) in [7, 11) is 0. The van der Waals surface area contributed by atoms with Gasteiger partial charge in [0.25, 0.3) is 0 Å². The van der Waals surface area contributed by atoms with Gasteiger partial charge in [-0.25, -0.2) is 9.78 Å². The Kier molecular flexibility index (Phi) is 8.81. The largest absolute Gasteiger partial charge is 0.463 e. The highest BCUT2D eigenvalue weighted by atomic mass is 17.2. The second kappa shape index (κ2) is 10.1. The number of unbranched alkanes of at least 4 members (excludes halogenated alkanes) is 6. The van der Waals surface area contributed by atoms with E-state index in [1.807, 2.05) is 39.8 Å². The van der Waals surface area contributed by atoms with Gasteiger partial charge >= 0.3 is 0 Å². The van der Waals surface area contributed by atoms with Crippen LogP contribution in [0, 0.1) is 6.92 Å². The second-order valence-corrected chi connectivity index (χ2v) is 7.14. The Morgan fingerprint density at radius 2 is 1.64 bits per heavy atom. The van der Waals surface area contributed by atoms with Gasteiger partial charge in [0.1, 0.15) is 11.5 Å². The molecule has 1 heterocycles. The van der Waals surface area contributed by atoms with E-state index in [4.69, 9.17) is 14.2 Å². The summed E-state index contributed by atoms with van der Waals surface area (Å²) in [5, 5.41) is 0. The zero-order valence-electron chi connectivity index (χ0n) is 15.1. The topological polar surface area (TPSA) is 31.6 Å². The van der Waals surface area contributed by atoms with Gasteiger partial charge < -0.3 is 4.42 Å². The Morgan fingerprint density at radius 3 is 2.18 bits per heavy atom. The number of rotatable bonds is 11. The molecule has 128 valence electrons. The van der Waals surface area contributed by atoms with Crippen LogP contribution in [0.1, 0.15) is 96.7 Å². The van der Waals surface area contributed by atoms with E-state index >= 15 is 0 Å². The van der Waals surface area contributed by atoms with E-state index in [0.717, 1.165) is 24.4 Å². The molecule has 1 aromatic rings. The number of hydrogen-bond acceptors (Lipinski definition) is 3. The molecule has 0 bridgehead atoms. The molecule has 0 aliphatic rings. The van der Waals surface area contributed by atoms with Crippen LogP contribution in [0.15, 0.2) is 16.5 Å². The Hall–Kier alpha value is -0.800. The molecule has 0 aliphatic carbocycles. The molecule has 0 aromatic carbocycles. The van der Waals surface area contributed by atoms with E-state index in [9.17, 15) is 0 Å². The normalized spacial score (nSPS) is 13.5. The van der Waals surface area contributed by atoms with Crippen LogP contribution in [0.4, 0.5) is 0 Å². The average Bonchev–Trinajstić information content (AvgIpc) is 2.86. The maximum atomic E-state index is 5.72. The van der Waals surface area contributed by atoms with Crippen LogP contribution in [0.3, 0.4) is 0 Å². The van der Waals surface area contributed by atoms with Crippen LogP contribution < -0.4 is 0 Å². The molecule has 0 radical (unpaired) electrons. The van der Waals surface area contributed by atoms with Gasteiger partial charge in [0.15, 0.2) is 6.10 Å². The summed E-state index contributed by atoms with van der Waals surface area (Å²) in [6, 6.07) is 3.97. The van der Waals surface area contributed by atoms with Crippen LogP contribution in [0.5, 0.6) is 0 Å².